The van der Waals surface area contributed by atoms with Crippen molar-refractivity contribution in [2.75, 3.05) is 13.2 Å². The van der Waals surface area contributed by atoms with Crippen molar-refractivity contribution in [3.63, 3.8) is 0 Å². The molecule has 17 heteroatoms. The molecule has 0 unspecified atom stereocenters. The Bertz CT molecular complexity index is 2220. The van der Waals surface area contributed by atoms with E-state index in [2.05, 4.69) is 27.2 Å². The van der Waals surface area contributed by atoms with Gasteiger partial charge in [0.05, 0.1) is 30.5 Å². The lowest BCUT2D eigenvalue weighted by Crippen LogP contribution is -2.35. The predicted molar refractivity (Wildman–Crippen MR) is 173 cm³/mol. The van der Waals surface area contributed by atoms with E-state index in [1.807, 2.05) is 0 Å². The van der Waals surface area contributed by atoms with Crippen LogP contribution in [0.5, 0.6) is 0 Å². The van der Waals surface area contributed by atoms with E-state index in [9.17, 15) is 41.0 Å². The zero-order valence-electron chi connectivity index (χ0n) is 27.9. The lowest BCUT2D eigenvalue weighted by atomic mass is 9.93. The molecule has 1 saturated carbocycles. The average Bonchev–Trinajstić information content (AvgIpc) is 3.75. The molecule has 2 amide bonds. The van der Waals surface area contributed by atoms with Gasteiger partial charge in [0.2, 0.25) is 5.91 Å². The lowest BCUT2D eigenvalue weighted by molar-refractivity contribution is -0.142. The molecule has 282 valence electrons. The molecule has 9 nitrogen and oxygen atoms in total. The second-order valence-electron chi connectivity index (χ2n) is 13.5. The summed E-state index contributed by atoms with van der Waals surface area (Å²) >= 11 is 0. The van der Waals surface area contributed by atoms with Crippen molar-refractivity contribution >= 4 is 11.8 Å². The first-order valence-electron chi connectivity index (χ1n) is 16.7. The van der Waals surface area contributed by atoms with Crippen molar-refractivity contribution in [2.24, 2.45) is 11.7 Å². The maximum absolute atomic E-state index is 15.3. The van der Waals surface area contributed by atoms with Crippen molar-refractivity contribution in [1.82, 2.24) is 20.1 Å². The molecule has 1 aliphatic heterocycles. The second kappa shape index (κ2) is 13.5. The summed E-state index contributed by atoms with van der Waals surface area (Å²) in [5, 5.41) is 16.9. The fourth-order valence-corrected chi connectivity index (χ4v) is 7.10. The van der Waals surface area contributed by atoms with Crippen LogP contribution < -0.4 is 11.1 Å². The van der Waals surface area contributed by atoms with Gasteiger partial charge in [0.25, 0.3) is 11.8 Å². The maximum Gasteiger partial charge on any atom is 0.435 e. The van der Waals surface area contributed by atoms with Crippen LogP contribution in [0.4, 0.5) is 35.1 Å². The fraction of sp³-hybridized carbons (Fsp3) is 0.351. The molecule has 0 spiro atoms. The highest BCUT2D eigenvalue weighted by Gasteiger charge is 2.68. The Morgan fingerprint density at radius 2 is 1.76 bits per heavy atom. The number of aliphatic hydroxyl groups is 1. The third kappa shape index (κ3) is 7.15. The molecule has 3 heterocycles. The maximum atomic E-state index is 15.3. The molecule has 1 saturated heterocycles. The Labute approximate surface area is 301 Å². The molecule has 3 atom stereocenters. The highest BCUT2D eigenvalue weighted by atomic mass is 19.4. The first kappa shape index (κ1) is 37.0. The van der Waals surface area contributed by atoms with Crippen LogP contribution in [0.3, 0.4) is 0 Å². The lowest BCUT2D eigenvalue weighted by Gasteiger charge is -2.26. The number of ether oxygens (including phenoxy) is 1. The molecule has 4 aromatic rings. The molecular weight excluding hydrogens is 730 g/mol. The fourth-order valence-electron chi connectivity index (χ4n) is 7.10. The molecule has 2 aromatic heterocycles. The quantitative estimate of drug-likeness (QED) is 0.157. The smallest absolute Gasteiger partial charge is 0.381 e. The normalized spacial score (nSPS) is 19.9. The number of carbonyl (C=O) groups is 2. The van der Waals surface area contributed by atoms with Gasteiger partial charge >= 0.3 is 6.18 Å². The number of halogens is 8. The van der Waals surface area contributed by atoms with Gasteiger partial charge in [0.1, 0.15) is 41.0 Å². The van der Waals surface area contributed by atoms with E-state index in [1.54, 1.807) is 0 Å². The number of aromatic nitrogens is 3. The summed E-state index contributed by atoms with van der Waals surface area (Å²) in [7, 11) is 0. The Morgan fingerprint density at radius 1 is 1.06 bits per heavy atom. The number of nitrogens with zero attached hydrogens (tertiary/aromatic N) is 3. The molecule has 7 rings (SSSR count). The Balaban J connectivity index is 1.33. The van der Waals surface area contributed by atoms with Crippen molar-refractivity contribution in [2.45, 2.75) is 61.9 Å². The molecule has 54 heavy (non-hydrogen) atoms. The van der Waals surface area contributed by atoms with Crippen LogP contribution in [0, 0.1) is 35.2 Å². The van der Waals surface area contributed by atoms with Gasteiger partial charge in [-0.1, -0.05) is 12.0 Å². The number of nitrogens with one attached hydrogen (secondary N) is 1. The van der Waals surface area contributed by atoms with Crippen molar-refractivity contribution in [3.8, 4) is 23.0 Å². The van der Waals surface area contributed by atoms with Gasteiger partial charge in [-0.25, -0.2) is 18.2 Å². The van der Waals surface area contributed by atoms with Gasteiger partial charge in [-0.15, -0.1) is 0 Å². The van der Waals surface area contributed by atoms with E-state index in [0.717, 1.165) is 24.3 Å². The molecule has 0 radical (unpaired) electrons. The van der Waals surface area contributed by atoms with Gasteiger partial charge in [0.15, 0.2) is 5.69 Å². The van der Waals surface area contributed by atoms with E-state index in [4.69, 9.17) is 10.5 Å². The molecular formula is C37H29F8N5O4. The standard InChI is InChI=1S/C37H29F8N5O4/c38-20-11-18(12-21(39)15-20)13-28(48-29(51)17-50-33-30(32(49-50)37(43,44)45)24-16-26(24)36(33,41)42)31-23(19-1-4-27(40)25(14-19)34(46)52)3-2-22(47-31)5-6-35(53)7-9-54-10-8-35/h1-4,11-12,14-15,24,26,28,53H,7-10,13,16-17H2,(H2,46,52)(H,48,51)/t24-,26+,28-/m0/s1. The number of hydrogen-bond donors (Lipinski definition) is 3. The third-order valence-electron chi connectivity index (χ3n) is 9.73. The number of hydrogen-bond acceptors (Lipinski definition) is 6. The van der Waals surface area contributed by atoms with Gasteiger partial charge in [-0.2, -0.15) is 27.1 Å². The van der Waals surface area contributed by atoms with E-state index >= 15 is 8.78 Å². The number of rotatable bonds is 8. The highest BCUT2D eigenvalue weighted by Crippen LogP contribution is 2.68. The first-order chi connectivity index (χ1) is 25.4. The van der Waals surface area contributed by atoms with E-state index in [1.165, 1.54) is 18.2 Å². The number of benzene rings is 2. The van der Waals surface area contributed by atoms with Crippen LogP contribution in [0.15, 0.2) is 48.5 Å². The van der Waals surface area contributed by atoms with E-state index in [0.29, 0.717) is 10.7 Å². The number of pyridine rings is 1. The molecule has 4 N–H and O–H groups in total. The number of alkyl halides is 5. The topological polar surface area (TPSA) is 132 Å². The summed E-state index contributed by atoms with van der Waals surface area (Å²) < 4.78 is 121. The zero-order chi connectivity index (χ0) is 38.7. The summed E-state index contributed by atoms with van der Waals surface area (Å²) in [4.78, 5) is 30.3. The number of fused-ring (bicyclic) bond motifs is 3. The summed E-state index contributed by atoms with van der Waals surface area (Å²) in [5.74, 6) is -5.73. The first-order valence-corrected chi connectivity index (χ1v) is 16.7. The Kier molecular flexibility index (Phi) is 9.25. The largest absolute Gasteiger partial charge is 0.435 e. The van der Waals surface area contributed by atoms with Crippen LogP contribution in [0.25, 0.3) is 11.1 Å². The van der Waals surface area contributed by atoms with Crippen molar-refractivity contribution < 1.29 is 54.6 Å². The number of nitrogens with two attached hydrogens (primary N) is 1. The minimum Gasteiger partial charge on any atom is -0.381 e. The number of primary amides is 1. The summed E-state index contributed by atoms with van der Waals surface area (Å²) in [6.07, 6.45) is -5.29. The van der Waals surface area contributed by atoms with Crippen LogP contribution in [0.2, 0.25) is 0 Å². The van der Waals surface area contributed by atoms with E-state index in [-0.39, 0.29) is 60.6 Å². The van der Waals surface area contributed by atoms with Gasteiger partial charge in [-0.3, -0.25) is 14.3 Å². The minimum atomic E-state index is -5.08. The van der Waals surface area contributed by atoms with Crippen LogP contribution >= 0.6 is 0 Å². The molecule has 2 aromatic carbocycles. The molecule has 2 fully saturated rings. The Morgan fingerprint density at radius 3 is 2.43 bits per heavy atom. The van der Waals surface area contributed by atoms with Crippen LogP contribution in [0.1, 0.15) is 75.5 Å². The predicted octanol–water partition coefficient (Wildman–Crippen LogP) is 5.68. The molecule has 0 bridgehead atoms. The van der Waals surface area contributed by atoms with Crippen LogP contribution in [-0.2, 0) is 34.6 Å². The second-order valence-corrected chi connectivity index (χ2v) is 13.5. The monoisotopic (exact) mass is 759 g/mol. The number of amides is 2. The molecule has 3 aliphatic rings. The SMILES string of the molecule is NC(=O)c1cc(-c2ccc(C#CC3(O)CCOCC3)nc2[C@H](Cc2cc(F)cc(F)c2)NC(=O)Cn2nc(C(F)(F)F)c3c2C(F)(F)[C@@H]2C[C@H]32)ccc1F. The van der Waals surface area contributed by atoms with Gasteiger partial charge in [-0.05, 0) is 72.2 Å². The van der Waals surface area contributed by atoms with Gasteiger partial charge < -0.3 is 20.9 Å². The van der Waals surface area contributed by atoms with Crippen molar-refractivity contribution in [3.05, 3.63) is 105 Å². The van der Waals surface area contributed by atoms with E-state index < -0.39 is 100 Å². The minimum absolute atomic E-state index is 0.0224. The van der Waals surface area contributed by atoms with Gasteiger partial charge in [0, 0.05) is 36.0 Å². The average molecular weight is 760 g/mol. The summed E-state index contributed by atoms with van der Waals surface area (Å²) in [6.45, 7) is -0.621. The zero-order valence-corrected chi connectivity index (χ0v) is 27.9. The van der Waals surface area contributed by atoms with Crippen LogP contribution in [-0.4, -0.2) is 50.5 Å². The number of carbonyl (C=O) groups excluding carboxylic acids is 2. The highest BCUT2D eigenvalue weighted by molar-refractivity contribution is 5.94. The Hall–Kier alpha value is -5.34. The third-order valence-corrected chi connectivity index (χ3v) is 9.73. The summed E-state index contributed by atoms with van der Waals surface area (Å²) in [6, 6.07) is 7.27. The van der Waals surface area contributed by atoms with Crippen molar-refractivity contribution in [1.29, 1.82) is 0 Å². The summed E-state index contributed by atoms with van der Waals surface area (Å²) in [5.41, 5.74) is 0.425. The molecule has 2 aliphatic carbocycles.